The number of hydrogen-bond donors (Lipinski definition) is 2. The molecule has 7 nitrogen and oxygen atoms in total. The Labute approximate surface area is 169 Å². The summed E-state index contributed by atoms with van der Waals surface area (Å²) in [5, 5.41) is 5.87. The number of para-hydroxylation sites is 1. The number of aryl methyl sites for hydroxylation is 2. The van der Waals surface area contributed by atoms with Gasteiger partial charge in [-0.2, -0.15) is 0 Å². The molecule has 0 spiro atoms. The van der Waals surface area contributed by atoms with Crippen LogP contribution in [0.4, 0.5) is 17.2 Å². The normalized spacial score (nSPS) is 10.3. The minimum atomic E-state index is -0.423. The molecule has 1 heterocycles. The van der Waals surface area contributed by atoms with Gasteiger partial charge in [-0.15, -0.1) is 0 Å². The summed E-state index contributed by atoms with van der Waals surface area (Å²) in [5.41, 5.74) is 3.96. The number of carbonyl (C=O) groups excluding carboxylic acids is 2. The van der Waals surface area contributed by atoms with Crippen LogP contribution in [0, 0.1) is 13.8 Å². The van der Waals surface area contributed by atoms with Gasteiger partial charge in [-0.1, -0.05) is 29.8 Å². The second-order valence-electron chi connectivity index (χ2n) is 6.45. The number of amides is 1. The van der Waals surface area contributed by atoms with E-state index in [1.807, 2.05) is 32.0 Å². The van der Waals surface area contributed by atoms with Gasteiger partial charge in [-0.05, 0) is 44.5 Å². The van der Waals surface area contributed by atoms with Crippen LogP contribution < -0.4 is 10.6 Å². The van der Waals surface area contributed by atoms with E-state index in [1.165, 1.54) is 12.4 Å². The van der Waals surface area contributed by atoms with Crippen molar-refractivity contribution in [3.8, 4) is 0 Å². The summed E-state index contributed by atoms with van der Waals surface area (Å²) in [7, 11) is 0. The first-order valence-corrected chi connectivity index (χ1v) is 9.21. The lowest BCUT2D eigenvalue weighted by molar-refractivity contribution is 0.0527. The van der Waals surface area contributed by atoms with Gasteiger partial charge in [0, 0.05) is 5.69 Å². The number of hydrogen-bond acceptors (Lipinski definition) is 6. The summed E-state index contributed by atoms with van der Waals surface area (Å²) >= 11 is 0. The van der Waals surface area contributed by atoms with E-state index in [0.29, 0.717) is 17.1 Å². The molecule has 0 aliphatic rings. The van der Waals surface area contributed by atoms with Crippen LogP contribution in [0.3, 0.4) is 0 Å². The smallest absolute Gasteiger partial charge is 0.340 e. The molecule has 1 aromatic heterocycles. The van der Waals surface area contributed by atoms with E-state index in [0.717, 1.165) is 16.8 Å². The molecule has 0 aliphatic carbocycles. The molecule has 29 heavy (non-hydrogen) atoms. The number of aromatic nitrogens is 2. The summed E-state index contributed by atoms with van der Waals surface area (Å²) in [6.45, 7) is 5.97. The monoisotopic (exact) mass is 390 g/mol. The predicted octanol–water partition coefficient (Wildman–Crippen LogP) is 4.27. The van der Waals surface area contributed by atoms with Crippen molar-refractivity contribution in [2.45, 2.75) is 20.8 Å². The zero-order chi connectivity index (χ0) is 20.8. The maximum atomic E-state index is 12.4. The number of esters is 1. The van der Waals surface area contributed by atoms with Gasteiger partial charge in [0.15, 0.2) is 0 Å². The maximum absolute atomic E-state index is 12.4. The highest BCUT2D eigenvalue weighted by Crippen LogP contribution is 2.21. The highest BCUT2D eigenvalue weighted by Gasteiger charge is 2.14. The van der Waals surface area contributed by atoms with Gasteiger partial charge < -0.3 is 15.4 Å². The highest BCUT2D eigenvalue weighted by atomic mass is 16.5. The molecule has 0 aliphatic heterocycles. The SMILES string of the molecule is CCOC(=O)c1ccccc1Nc1cnc(C(=O)Nc2ccc(C)cc2C)cn1. The fraction of sp³-hybridized carbons (Fsp3) is 0.182. The summed E-state index contributed by atoms with van der Waals surface area (Å²) in [6, 6.07) is 12.7. The largest absolute Gasteiger partial charge is 0.462 e. The number of anilines is 3. The summed E-state index contributed by atoms with van der Waals surface area (Å²) in [5.74, 6) is -0.360. The molecule has 0 saturated carbocycles. The Kier molecular flexibility index (Phi) is 6.19. The van der Waals surface area contributed by atoms with Crippen molar-refractivity contribution in [3.63, 3.8) is 0 Å². The molecular formula is C22H22N4O3. The van der Waals surface area contributed by atoms with Crippen molar-refractivity contribution in [2.75, 3.05) is 17.2 Å². The van der Waals surface area contributed by atoms with Crippen molar-refractivity contribution >= 4 is 29.1 Å². The third kappa shape index (κ3) is 4.95. The van der Waals surface area contributed by atoms with Crippen molar-refractivity contribution in [3.05, 3.63) is 77.2 Å². The van der Waals surface area contributed by atoms with Crippen molar-refractivity contribution in [2.24, 2.45) is 0 Å². The molecule has 0 radical (unpaired) electrons. The standard InChI is InChI=1S/C22H22N4O3/c1-4-29-22(28)16-7-5-6-8-18(16)25-20-13-23-19(12-24-20)21(27)26-17-10-9-14(2)11-15(17)3/h5-13H,4H2,1-3H3,(H,24,25)(H,26,27). The topological polar surface area (TPSA) is 93.2 Å². The van der Waals surface area contributed by atoms with Crippen LogP contribution in [-0.4, -0.2) is 28.5 Å². The first kappa shape index (κ1) is 20.0. The number of benzene rings is 2. The van der Waals surface area contributed by atoms with Crippen LogP contribution in [0.5, 0.6) is 0 Å². The highest BCUT2D eigenvalue weighted by molar-refractivity contribution is 6.03. The zero-order valence-electron chi connectivity index (χ0n) is 16.5. The summed E-state index contributed by atoms with van der Waals surface area (Å²) < 4.78 is 5.06. The molecule has 2 N–H and O–H groups in total. The first-order chi connectivity index (χ1) is 14.0. The maximum Gasteiger partial charge on any atom is 0.340 e. The summed E-state index contributed by atoms with van der Waals surface area (Å²) in [4.78, 5) is 32.9. The molecule has 0 fully saturated rings. The van der Waals surface area contributed by atoms with E-state index in [4.69, 9.17) is 4.74 Å². The van der Waals surface area contributed by atoms with Crippen molar-refractivity contribution in [1.29, 1.82) is 0 Å². The lowest BCUT2D eigenvalue weighted by Crippen LogP contribution is -2.15. The minimum absolute atomic E-state index is 0.189. The first-order valence-electron chi connectivity index (χ1n) is 9.21. The average Bonchev–Trinajstić information content (AvgIpc) is 2.71. The molecule has 3 aromatic rings. The van der Waals surface area contributed by atoms with Gasteiger partial charge in [0.25, 0.3) is 5.91 Å². The molecule has 0 bridgehead atoms. The van der Waals surface area contributed by atoms with Gasteiger partial charge in [0.1, 0.15) is 11.5 Å². The second kappa shape index (κ2) is 8.97. The van der Waals surface area contributed by atoms with Gasteiger partial charge in [0.05, 0.1) is 30.3 Å². The molecule has 7 heteroatoms. The number of ether oxygens (including phenoxy) is 1. The number of carbonyl (C=O) groups is 2. The van der Waals surface area contributed by atoms with Crippen molar-refractivity contribution < 1.29 is 14.3 Å². The third-order valence-electron chi connectivity index (χ3n) is 4.20. The lowest BCUT2D eigenvalue weighted by Gasteiger charge is -2.11. The Morgan fingerprint density at radius 1 is 1.00 bits per heavy atom. The number of nitrogens with one attached hydrogen (secondary N) is 2. The Balaban J connectivity index is 1.72. The Hall–Kier alpha value is -3.74. The van der Waals surface area contributed by atoms with Gasteiger partial charge in [-0.3, -0.25) is 4.79 Å². The second-order valence-corrected chi connectivity index (χ2v) is 6.45. The Morgan fingerprint density at radius 2 is 1.79 bits per heavy atom. The molecule has 3 rings (SSSR count). The van der Waals surface area contributed by atoms with Crippen LogP contribution >= 0.6 is 0 Å². The van der Waals surface area contributed by atoms with E-state index < -0.39 is 5.97 Å². The molecule has 0 unspecified atom stereocenters. The van der Waals surface area contributed by atoms with E-state index in [9.17, 15) is 9.59 Å². The van der Waals surface area contributed by atoms with E-state index >= 15 is 0 Å². The molecule has 1 amide bonds. The Morgan fingerprint density at radius 3 is 2.48 bits per heavy atom. The predicted molar refractivity (Wildman–Crippen MR) is 112 cm³/mol. The van der Waals surface area contributed by atoms with Crippen LogP contribution in [0.25, 0.3) is 0 Å². The van der Waals surface area contributed by atoms with Crippen LogP contribution in [-0.2, 0) is 4.74 Å². The molecule has 148 valence electrons. The van der Waals surface area contributed by atoms with Gasteiger partial charge in [-0.25, -0.2) is 14.8 Å². The number of nitrogens with zero attached hydrogens (tertiary/aromatic N) is 2. The Bertz CT molecular complexity index is 1030. The number of rotatable bonds is 6. The lowest BCUT2D eigenvalue weighted by atomic mass is 10.1. The van der Waals surface area contributed by atoms with Crippen LogP contribution in [0.1, 0.15) is 38.9 Å². The van der Waals surface area contributed by atoms with Crippen LogP contribution in [0.15, 0.2) is 54.9 Å². The molecule has 0 atom stereocenters. The zero-order valence-corrected chi connectivity index (χ0v) is 16.5. The van der Waals surface area contributed by atoms with E-state index in [2.05, 4.69) is 20.6 Å². The van der Waals surface area contributed by atoms with Gasteiger partial charge in [0.2, 0.25) is 0 Å². The minimum Gasteiger partial charge on any atom is -0.462 e. The third-order valence-corrected chi connectivity index (χ3v) is 4.20. The van der Waals surface area contributed by atoms with E-state index in [1.54, 1.807) is 31.2 Å². The fourth-order valence-electron chi connectivity index (χ4n) is 2.77. The quantitative estimate of drug-likeness (QED) is 0.611. The van der Waals surface area contributed by atoms with Gasteiger partial charge >= 0.3 is 5.97 Å². The molecular weight excluding hydrogens is 368 g/mol. The average molecular weight is 390 g/mol. The molecule has 2 aromatic carbocycles. The van der Waals surface area contributed by atoms with Crippen molar-refractivity contribution in [1.82, 2.24) is 9.97 Å². The summed E-state index contributed by atoms with van der Waals surface area (Å²) in [6.07, 6.45) is 2.83. The molecule has 0 saturated heterocycles. The van der Waals surface area contributed by atoms with E-state index in [-0.39, 0.29) is 18.2 Å². The van der Waals surface area contributed by atoms with Crippen LogP contribution in [0.2, 0.25) is 0 Å². The fourth-order valence-corrected chi connectivity index (χ4v) is 2.77.